The first kappa shape index (κ1) is 16.5. The summed E-state index contributed by atoms with van der Waals surface area (Å²) in [5.41, 5.74) is 2.09. The maximum atomic E-state index is 12.3. The second kappa shape index (κ2) is 6.65. The van der Waals surface area contributed by atoms with E-state index in [0.29, 0.717) is 10.6 Å². The number of aryl methyl sites for hydroxylation is 1. The van der Waals surface area contributed by atoms with E-state index in [1.165, 1.54) is 18.4 Å². The summed E-state index contributed by atoms with van der Waals surface area (Å²) in [5.74, 6) is 0.342. The summed E-state index contributed by atoms with van der Waals surface area (Å²) in [6.45, 7) is 1.93. The third-order valence-corrected chi connectivity index (χ3v) is 5.06. The van der Waals surface area contributed by atoms with Gasteiger partial charge in [-0.1, -0.05) is 12.1 Å². The van der Waals surface area contributed by atoms with Gasteiger partial charge in [0.05, 0.1) is 14.2 Å². The van der Waals surface area contributed by atoms with Crippen molar-refractivity contribution in [2.45, 2.75) is 19.8 Å². The molecule has 5 nitrogen and oxygen atoms in total. The lowest BCUT2D eigenvalue weighted by atomic mass is 10.0. The van der Waals surface area contributed by atoms with Crippen LogP contribution in [0.5, 0.6) is 5.75 Å². The van der Waals surface area contributed by atoms with Crippen LogP contribution in [0.1, 0.15) is 28.1 Å². The van der Waals surface area contributed by atoms with Crippen LogP contribution >= 0.6 is 11.3 Å². The number of rotatable bonds is 5. The van der Waals surface area contributed by atoms with E-state index >= 15 is 0 Å². The number of amides is 1. The van der Waals surface area contributed by atoms with Crippen LogP contribution in [0.15, 0.2) is 24.3 Å². The maximum absolute atomic E-state index is 12.3. The van der Waals surface area contributed by atoms with Crippen LogP contribution in [0.3, 0.4) is 0 Å². The molecule has 1 saturated carbocycles. The largest absolute Gasteiger partial charge is 0.497 e. The number of nitrogens with one attached hydrogen (secondary N) is 1. The van der Waals surface area contributed by atoms with Gasteiger partial charge >= 0.3 is 5.97 Å². The number of carbonyl (C=O) groups is 2. The number of hydrogen-bond acceptors (Lipinski definition) is 5. The zero-order chi connectivity index (χ0) is 17.3. The van der Waals surface area contributed by atoms with Crippen LogP contribution in [-0.4, -0.2) is 26.1 Å². The Morgan fingerprint density at radius 1 is 1.17 bits per heavy atom. The Hall–Kier alpha value is -2.34. The molecule has 0 unspecified atom stereocenters. The molecule has 1 amide bonds. The van der Waals surface area contributed by atoms with E-state index in [2.05, 4.69) is 5.32 Å². The Balaban J connectivity index is 2.04. The van der Waals surface area contributed by atoms with Crippen molar-refractivity contribution in [3.05, 3.63) is 34.7 Å². The summed E-state index contributed by atoms with van der Waals surface area (Å²) in [6, 6.07) is 7.48. The first-order valence-electron chi connectivity index (χ1n) is 7.72. The predicted molar refractivity (Wildman–Crippen MR) is 93.7 cm³/mol. The van der Waals surface area contributed by atoms with Gasteiger partial charge in [0, 0.05) is 16.4 Å². The number of methoxy groups -OCH3 is 2. The van der Waals surface area contributed by atoms with Gasteiger partial charge in [0.15, 0.2) is 0 Å². The standard InChI is InChI=1S/C18H19NO4S/c1-10-14(11-6-8-13(22-2)9-7-11)15(18(21)23-3)17(24-10)19-16(20)12-4-5-12/h6-9,12H,4-5H2,1-3H3,(H,19,20). The number of carbonyl (C=O) groups excluding carboxylic acids is 2. The summed E-state index contributed by atoms with van der Waals surface area (Å²) >= 11 is 1.40. The van der Waals surface area contributed by atoms with Gasteiger partial charge in [-0.05, 0) is 37.5 Å². The molecule has 1 aromatic carbocycles. The molecule has 2 aromatic rings. The number of thiophene rings is 1. The zero-order valence-electron chi connectivity index (χ0n) is 13.8. The minimum absolute atomic E-state index is 0.0253. The van der Waals surface area contributed by atoms with Gasteiger partial charge in [0.1, 0.15) is 16.3 Å². The number of anilines is 1. The van der Waals surface area contributed by atoms with Crippen molar-refractivity contribution in [2.24, 2.45) is 5.92 Å². The fourth-order valence-electron chi connectivity index (χ4n) is 2.59. The minimum atomic E-state index is -0.448. The molecule has 1 heterocycles. The Morgan fingerprint density at radius 3 is 2.38 bits per heavy atom. The summed E-state index contributed by atoms with van der Waals surface area (Å²) in [7, 11) is 2.95. The van der Waals surface area contributed by atoms with Crippen molar-refractivity contribution >= 4 is 28.2 Å². The highest BCUT2D eigenvalue weighted by Crippen LogP contribution is 2.41. The van der Waals surface area contributed by atoms with Crippen molar-refractivity contribution in [2.75, 3.05) is 19.5 Å². The Morgan fingerprint density at radius 2 is 1.83 bits per heavy atom. The fraction of sp³-hybridized carbons (Fsp3) is 0.333. The third-order valence-electron chi connectivity index (χ3n) is 4.04. The monoisotopic (exact) mass is 345 g/mol. The van der Waals surface area contributed by atoms with Crippen molar-refractivity contribution < 1.29 is 19.1 Å². The molecule has 1 N–H and O–H groups in total. The first-order valence-corrected chi connectivity index (χ1v) is 8.53. The molecule has 0 bridgehead atoms. The molecule has 0 spiro atoms. The van der Waals surface area contributed by atoms with Gasteiger partial charge in [-0.3, -0.25) is 4.79 Å². The molecule has 1 aliphatic carbocycles. The van der Waals surface area contributed by atoms with E-state index in [0.717, 1.165) is 34.6 Å². The summed E-state index contributed by atoms with van der Waals surface area (Å²) in [5, 5.41) is 3.45. The van der Waals surface area contributed by atoms with Crippen molar-refractivity contribution in [3.8, 4) is 16.9 Å². The van der Waals surface area contributed by atoms with Crippen LogP contribution in [0.4, 0.5) is 5.00 Å². The van der Waals surface area contributed by atoms with Gasteiger partial charge in [0.2, 0.25) is 5.91 Å². The summed E-state index contributed by atoms with van der Waals surface area (Å²) < 4.78 is 10.1. The van der Waals surface area contributed by atoms with Crippen molar-refractivity contribution in [1.82, 2.24) is 0 Å². The molecule has 1 aliphatic rings. The van der Waals surface area contributed by atoms with Gasteiger partial charge < -0.3 is 14.8 Å². The Kier molecular flexibility index (Phi) is 4.57. The van der Waals surface area contributed by atoms with Gasteiger partial charge in [-0.2, -0.15) is 0 Å². The van der Waals surface area contributed by atoms with Gasteiger partial charge in [0.25, 0.3) is 0 Å². The molecule has 0 aliphatic heterocycles. The SMILES string of the molecule is COC(=O)c1c(NC(=O)C2CC2)sc(C)c1-c1ccc(OC)cc1. The van der Waals surface area contributed by atoms with Crippen molar-refractivity contribution in [1.29, 1.82) is 0 Å². The molecule has 24 heavy (non-hydrogen) atoms. The summed E-state index contributed by atoms with van der Waals surface area (Å²) in [4.78, 5) is 25.4. The molecule has 126 valence electrons. The molecule has 0 radical (unpaired) electrons. The topological polar surface area (TPSA) is 64.6 Å². The lowest BCUT2D eigenvalue weighted by Gasteiger charge is -2.08. The first-order chi connectivity index (χ1) is 11.5. The second-order valence-corrected chi connectivity index (χ2v) is 6.95. The Bertz CT molecular complexity index is 775. The highest BCUT2D eigenvalue weighted by atomic mass is 32.1. The number of esters is 1. The highest BCUT2D eigenvalue weighted by molar-refractivity contribution is 7.17. The maximum Gasteiger partial charge on any atom is 0.341 e. The average molecular weight is 345 g/mol. The van der Waals surface area contributed by atoms with Crippen LogP contribution in [0.2, 0.25) is 0 Å². The number of benzene rings is 1. The third kappa shape index (κ3) is 3.14. The lowest BCUT2D eigenvalue weighted by molar-refractivity contribution is -0.117. The van der Waals surface area contributed by atoms with Crippen LogP contribution in [0, 0.1) is 12.8 Å². The van der Waals surface area contributed by atoms with E-state index in [9.17, 15) is 9.59 Å². The van der Waals surface area contributed by atoms with Crippen LogP contribution in [-0.2, 0) is 9.53 Å². The minimum Gasteiger partial charge on any atom is -0.497 e. The number of hydrogen-bond donors (Lipinski definition) is 1. The second-order valence-electron chi connectivity index (χ2n) is 5.72. The predicted octanol–water partition coefficient (Wildman–Crippen LogP) is 3.87. The van der Waals surface area contributed by atoms with Crippen molar-refractivity contribution in [3.63, 3.8) is 0 Å². The molecule has 1 aromatic heterocycles. The van der Waals surface area contributed by atoms with E-state index in [1.807, 2.05) is 31.2 Å². The quantitative estimate of drug-likeness (QED) is 0.836. The number of ether oxygens (including phenoxy) is 2. The molecular formula is C18H19NO4S. The van der Waals surface area contributed by atoms with E-state index < -0.39 is 5.97 Å². The molecule has 0 saturated heterocycles. The molecule has 1 fully saturated rings. The van der Waals surface area contributed by atoms with Crippen LogP contribution in [0.25, 0.3) is 11.1 Å². The van der Waals surface area contributed by atoms with E-state index in [4.69, 9.17) is 9.47 Å². The highest BCUT2D eigenvalue weighted by Gasteiger charge is 2.32. The van der Waals surface area contributed by atoms with E-state index in [-0.39, 0.29) is 11.8 Å². The summed E-state index contributed by atoms with van der Waals surface area (Å²) in [6.07, 6.45) is 1.82. The van der Waals surface area contributed by atoms with Crippen LogP contribution < -0.4 is 10.1 Å². The van der Waals surface area contributed by atoms with Gasteiger partial charge in [-0.15, -0.1) is 11.3 Å². The zero-order valence-corrected chi connectivity index (χ0v) is 14.7. The molecule has 3 rings (SSSR count). The fourth-order valence-corrected chi connectivity index (χ4v) is 3.66. The Labute approximate surface area is 144 Å². The normalized spacial score (nSPS) is 13.5. The lowest BCUT2D eigenvalue weighted by Crippen LogP contribution is -2.15. The van der Waals surface area contributed by atoms with E-state index in [1.54, 1.807) is 7.11 Å². The average Bonchev–Trinajstić information content (AvgIpc) is 3.39. The smallest absolute Gasteiger partial charge is 0.341 e. The molecular weight excluding hydrogens is 326 g/mol. The molecule has 6 heteroatoms. The molecule has 0 atom stereocenters. The van der Waals surface area contributed by atoms with Gasteiger partial charge in [-0.25, -0.2) is 4.79 Å².